The number of hydrogen-bond acceptors (Lipinski definition) is 2. The van der Waals surface area contributed by atoms with E-state index in [-0.39, 0.29) is 0 Å². The van der Waals surface area contributed by atoms with Crippen LogP contribution < -0.4 is 10.4 Å². The Morgan fingerprint density at radius 2 is 1.68 bits per heavy atom. The summed E-state index contributed by atoms with van der Waals surface area (Å²) in [6.45, 7) is 0. The quantitative estimate of drug-likeness (QED) is 0.730. The summed E-state index contributed by atoms with van der Waals surface area (Å²) in [4.78, 5) is 11.5. The van der Waals surface area contributed by atoms with Crippen molar-refractivity contribution in [2.45, 2.75) is 0 Å². The molecule has 0 unspecified atom stereocenters. The summed E-state index contributed by atoms with van der Waals surface area (Å²) in [6.07, 6.45) is 0. The van der Waals surface area contributed by atoms with Crippen LogP contribution in [-0.4, -0.2) is 5.10 Å². The second-order valence-corrected chi connectivity index (χ2v) is 4.42. The molecule has 94 valence electrons. The highest BCUT2D eigenvalue weighted by atomic mass is 35.5. The van der Waals surface area contributed by atoms with Crippen LogP contribution in [0, 0.1) is 0 Å². The highest BCUT2D eigenvalue weighted by molar-refractivity contribution is 6.30. The van der Waals surface area contributed by atoms with Crippen LogP contribution in [-0.2, 0) is 0 Å². The van der Waals surface area contributed by atoms with Crippen LogP contribution in [0.3, 0.4) is 0 Å². The topological polar surface area (TPSA) is 49.9 Å². The smallest absolute Gasteiger partial charge is 0.348 e. The first-order chi connectivity index (χ1) is 9.24. The van der Waals surface area contributed by atoms with Gasteiger partial charge in [0.05, 0.1) is 5.56 Å². The Morgan fingerprint density at radius 3 is 2.37 bits per heavy atom. The molecule has 0 aliphatic rings. The Kier molecular flexibility index (Phi) is 2.93. The normalized spacial score (nSPS) is 10.6. The van der Waals surface area contributed by atoms with E-state index in [1.54, 1.807) is 28.9 Å². The number of aromatic nitrogens is 2. The van der Waals surface area contributed by atoms with E-state index >= 15 is 0 Å². The second kappa shape index (κ2) is 4.74. The van der Waals surface area contributed by atoms with Crippen molar-refractivity contribution in [2.75, 3.05) is 0 Å². The van der Waals surface area contributed by atoms with Crippen LogP contribution in [0.5, 0.6) is 0 Å². The predicted octanol–water partition coefficient (Wildman–Crippen LogP) is 2.57. The van der Waals surface area contributed by atoms with E-state index in [0.29, 0.717) is 10.9 Å². The van der Waals surface area contributed by atoms with Crippen LogP contribution in [0.2, 0.25) is 5.02 Å². The standard InChI is InChI=1S/C14H9ClN2O2/c15-11-6-8-12(9-7-11)17-13(19-14(18)16-17)10-4-2-1-3-5-10/h1-9H/p+1. The third-order valence-electron chi connectivity index (χ3n) is 2.70. The van der Waals surface area contributed by atoms with Gasteiger partial charge in [0.15, 0.2) is 0 Å². The minimum Gasteiger partial charge on any atom is -0.348 e. The van der Waals surface area contributed by atoms with E-state index in [9.17, 15) is 4.79 Å². The number of halogens is 1. The molecule has 1 heterocycles. The summed E-state index contributed by atoms with van der Waals surface area (Å²) in [5, 5.41) is 3.27. The zero-order valence-corrected chi connectivity index (χ0v) is 10.6. The Bertz CT molecular complexity index is 745. The third-order valence-corrected chi connectivity index (χ3v) is 2.95. The molecule has 0 saturated heterocycles. The molecule has 1 aromatic heterocycles. The van der Waals surface area contributed by atoms with Crippen LogP contribution in [0.1, 0.15) is 0 Å². The van der Waals surface area contributed by atoms with Crippen molar-refractivity contribution in [3.63, 3.8) is 0 Å². The van der Waals surface area contributed by atoms with Crippen molar-refractivity contribution >= 4 is 11.6 Å². The number of nitrogens with zero attached hydrogens (tertiary/aromatic N) is 1. The maximum Gasteiger partial charge on any atom is 0.471 e. The molecule has 0 amide bonds. The van der Waals surface area contributed by atoms with E-state index in [1.165, 1.54) is 0 Å². The van der Waals surface area contributed by atoms with E-state index in [2.05, 4.69) is 5.10 Å². The molecule has 1 N–H and O–H groups in total. The minimum atomic E-state index is -0.506. The number of hydrogen-bond donors (Lipinski definition) is 1. The average molecular weight is 274 g/mol. The summed E-state index contributed by atoms with van der Waals surface area (Å²) in [5.41, 5.74) is 1.59. The Hall–Kier alpha value is -2.33. The van der Waals surface area contributed by atoms with Gasteiger partial charge in [-0.3, -0.25) is 0 Å². The van der Waals surface area contributed by atoms with Crippen LogP contribution >= 0.6 is 11.6 Å². The SMILES string of the molecule is O=c1[nH][n+](-c2ccc(Cl)cc2)c(-c2ccccc2)o1. The molecule has 3 rings (SSSR count). The maximum absolute atomic E-state index is 11.5. The molecular formula is C14H10ClN2O2+. The van der Waals surface area contributed by atoms with Crippen molar-refractivity contribution in [1.82, 2.24) is 5.10 Å². The number of benzene rings is 2. The summed E-state index contributed by atoms with van der Waals surface area (Å²) >= 11 is 5.86. The third kappa shape index (κ3) is 2.30. The van der Waals surface area contributed by atoms with Gasteiger partial charge in [-0.05, 0) is 28.9 Å². The Labute approximate surface area is 113 Å². The number of nitrogens with one attached hydrogen (secondary N) is 1. The van der Waals surface area contributed by atoms with Gasteiger partial charge in [-0.25, -0.2) is 4.79 Å². The van der Waals surface area contributed by atoms with Crippen LogP contribution in [0.15, 0.2) is 63.8 Å². The fourth-order valence-electron chi connectivity index (χ4n) is 1.84. The molecule has 5 heteroatoms. The minimum absolute atomic E-state index is 0.452. The van der Waals surface area contributed by atoms with Crippen molar-refractivity contribution < 1.29 is 9.10 Å². The lowest BCUT2D eigenvalue weighted by atomic mass is 10.2. The van der Waals surface area contributed by atoms with Gasteiger partial charge in [0.25, 0.3) is 0 Å². The summed E-state index contributed by atoms with van der Waals surface area (Å²) in [5.74, 6) is -0.0540. The molecule has 0 fully saturated rings. The molecule has 0 aliphatic carbocycles. The van der Waals surface area contributed by atoms with Gasteiger partial charge in [0.1, 0.15) is 0 Å². The fraction of sp³-hybridized carbons (Fsp3) is 0. The molecule has 0 aliphatic heterocycles. The zero-order chi connectivity index (χ0) is 13.2. The molecule has 2 aromatic carbocycles. The summed E-state index contributed by atoms with van der Waals surface area (Å²) in [6, 6.07) is 16.5. The lowest BCUT2D eigenvalue weighted by molar-refractivity contribution is -0.649. The van der Waals surface area contributed by atoms with Gasteiger partial charge in [0, 0.05) is 17.2 Å². The van der Waals surface area contributed by atoms with Crippen molar-refractivity contribution in [1.29, 1.82) is 0 Å². The van der Waals surface area contributed by atoms with Gasteiger partial charge in [-0.15, -0.1) is 0 Å². The first-order valence-corrected chi connectivity index (χ1v) is 6.08. The first kappa shape index (κ1) is 11.7. The molecular weight excluding hydrogens is 264 g/mol. The molecule has 4 nitrogen and oxygen atoms in total. The van der Waals surface area contributed by atoms with Crippen LogP contribution in [0.25, 0.3) is 17.1 Å². The Balaban J connectivity index is 2.17. The highest BCUT2D eigenvalue weighted by Gasteiger charge is 2.22. The van der Waals surface area contributed by atoms with E-state index in [4.69, 9.17) is 16.0 Å². The number of aromatic amines is 1. The summed E-state index contributed by atoms with van der Waals surface area (Å²) < 4.78 is 6.80. The molecule has 0 spiro atoms. The monoisotopic (exact) mass is 273 g/mol. The summed E-state index contributed by atoms with van der Waals surface area (Å²) in [7, 11) is 0. The van der Waals surface area contributed by atoms with Crippen molar-refractivity contribution in [3.05, 3.63) is 70.2 Å². The van der Waals surface area contributed by atoms with Gasteiger partial charge >= 0.3 is 11.6 Å². The fourth-order valence-corrected chi connectivity index (χ4v) is 1.97. The van der Waals surface area contributed by atoms with Gasteiger partial charge in [-0.1, -0.05) is 34.9 Å². The molecule has 3 aromatic rings. The van der Waals surface area contributed by atoms with E-state index < -0.39 is 5.76 Å². The predicted molar refractivity (Wildman–Crippen MR) is 71.3 cm³/mol. The van der Waals surface area contributed by atoms with Gasteiger partial charge < -0.3 is 4.42 Å². The molecule has 19 heavy (non-hydrogen) atoms. The molecule has 0 bridgehead atoms. The largest absolute Gasteiger partial charge is 0.471 e. The maximum atomic E-state index is 11.5. The van der Waals surface area contributed by atoms with Crippen molar-refractivity contribution in [3.8, 4) is 17.1 Å². The van der Waals surface area contributed by atoms with E-state index in [0.717, 1.165) is 11.3 Å². The first-order valence-electron chi connectivity index (χ1n) is 5.70. The van der Waals surface area contributed by atoms with Gasteiger partial charge in [-0.2, -0.15) is 0 Å². The Morgan fingerprint density at radius 1 is 1.00 bits per heavy atom. The molecule has 0 atom stereocenters. The highest BCUT2D eigenvalue weighted by Crippen LogP contribution is 2.15. The van der Waals surface area contributed by atoms with Crippen LogP contribution in [0.4, 0.5) is 0 Å². The van der Waals surface area contributed by atoms with E-state index in [1.807, 2.05) is 30.3 Å². The average Bonchev–Trinajstić information content (AvgIpc) is 2.83. The second-order valence-electron chi connectivity index (χ2n) is 3.98. The zero-order valence-electron chi connectivity index (χ0n) is 9.84. The lowest BCUT2D eigenvalue weighted by Gasteiger charge is -1.94. The number of H-pyrrole nitrogens is 1. The molecule has 0 saturated carbocycles. The molecule has 0 radical (unpaired) electrons. The van der Waals surface area contributed by atoms with Crippen molar-refractivity contribution in [2.24, 2.45) is 0 Å². The number of rotatable bonds is 2. The lowest BCUT2D eigenvalue weighted by Crippen LogP contribution is -2.36. The van der Waals surface area contributed by atoms with Gasteiger partial charge in [0.2, 0.25) is 5.69 Å².